The Morgan fingerprint density at radius 3 is 3.00 bits per heavy atom. The molecular formula is C10H14N2O3. The van der Waals surface area contributed by atoms with Gasteiger partial charge in [0.05, 0.1) is 5.69 Å². The van der Waals surface area contributed by atoms with Gasteiger partial charge in [-0.1, -0.05) is 6.92 Å². The summed E-state index contributed by atoms with van der Waals surface area (Å²) in [4.78, 5) is 11.2. The van der Waals surface area contributed by atoms with Gasteiger partial charge in [-0.05, 0) is 12.8 Å². The van der Waals surface area contributed by atoms with Gasteiger partial charge in [0.2, 0.25) is 0 Å². The van der Waals surface area contributed by atoms with Crippen molar-refractivity contribution in [2.75, 3.05) is 0 Å². The maximum absolute atomic E-state index is 11.2. The molecule has 0 saturated carbocycles. The highest BCUT2D eigenvalue weighted by Gasteiger charge is 2.48. The second-order valence-electron chi connectivity index (χ2n) is 4.17. The molecule has 5 heteroatoms. The molecule has 0 bridgehead atoms. The molecule has 5 nitrogen and oxygen atoms in total. The Hall–Kier alpha value is -1.36. The zero-order chi connectivity index (χ0) is 11.2. The van der Waals surface area contributed by atoms with Crippen LogP contribution in [0.1, 0.15) is 24.6 Å². The van der Waals surface area contributed by atoms with Crippen LogP contribution in [0, 0.1) is 5.92 Å². The molecule has 0 saturated heterocycles. The van der Waals surface area contributed by atoms with E-state index in [4.69, 9.17) is 5.11 Å². The molecule has 0 aliphatic heterocycles. The van der Waals surface area contributed by atoms with Gasteiger partial charge >= 0.3 is 5.97 Å². The van der Waals surface area contributed by atoms with Gasteiger partial charge in [0, 0.05) is 24.7 Å². The molecule has 0 spiro atoms. The van der Waals surface area contributed by atoms with Gasteiger partial charge in [-0.2, -0.15) is 5.10 Å². The first-order valence-corrected chi connectivity index (χ1v) is 4.95. The number of aryl methyl sites for hydroxylation is 2. The summed E-state index contributed by atoms with van der Waals surface area (Å²) in [7, 11) is 1.73. The number of aliphatic hydroxyl groups is 1. The summed E-state index contributed by atoms with van der Waals surface area (Å²) in [5.74, 6) is -1.48. The second-order valence-corrected chi connectivity index (χ2v) is 4.17. The van der Waals surface area contributed by atoms with Crippen molar-refractivity contribution in [2.24, 2.45) is 13.0 Å². The van der Waals surface area contributed by atoms with Crippen LogP contribution in [0.25, 0.3) is 0 Å². The first-order valence-electron chi connectivity index (χ1n) is 4.95. The predicted octanol–water partition coefficient (Wildman–Crippen LogP) is 0.275. The summed E-state index contributed by atoms with van der Waals surface area (Å²) in [6.07, 6.45) is 2.97. The maximum Gasteiger partial charge on any atom is 0.340 e. The minimum absolute atomic E-state index is 0.285. The number of hydrogen-bond acceptors (Lipinski definition) is 3. The minimum Gasteiger partial charge on any atom is -0.479 e. The number of fused-ring (bicyclic) bond motifs is 1. The molecule has 2 unspecified atom stereocenters. The average molecular weight is 210 g/mol. The first-order chi connectivity index (χ1) is 6.96. The highest BCUT2D eigenvalue weighted by molar-refractivity contribution is 5.80. The lowest BCUT2D eigenvalue weighted by Gasteiger charge is -2.33. The Balaban J connectivity index is 2.59. The van der Waals surface area contributed by atoms with E-state index in [9.17, 15) is 9.90 Å². The molecule has 0 fully saturated rings. The maximum atomic E-state index is 11.2. The molecule has 1 aliphatic carbocycles. The van der Waals surface area contributed by atoms with Crippen LogP contribution in [0.3, 0.4) is 0 Å². The molecule has 1 aliphatic rings. The molecule has 2 N–H and O–H groups in total. The van der Waals surface area contributed by atoms with Gasteiger partial charge in [-0.15, -0.1) is 0 Å². The summed E-state index contributed by atoms with van der Waals surface area (Å²) < 4.78 is 1.55. The monoisotopic (exact) mass is 210 g/mol. The Labute approximate surface area is 87.3 Å². The van der Waals surface area contributed by atoms with E-state index >= 15 is 0 Å². The van der Waals surface area contributed by atoms with E-state index in [1.807, 2.05) is 0 Å². The largest absolute Gasteiger partial charge is 0.479 e. The van der Waals surface area contributed by atoms with Crippen molar-refractivity contribution in [3.8, 4) is 0 Å². The molecule has 2 atom stereocenters. The van der Waals surface area contributed by atoms with E-state index in [0.717, 1.165) is 6.42 Å². The van der Waals surface area contributed by atoms with Crippen LogP contribution in [0.5, 0.6) is 0 Å². The second kappa shape index (κ2) is 3.06. The quantitative estimate of drug-likeness (QED) is 0.698. The molecule has 15 heavy (non-hydrogen) atoms. The Kier molecular flexibility index (Phi) is 2.08. The van der Waals surface area contributed by atoms with E-state index in [1.54, 1.807) is 24.9 Å². The standard InChI is InChI=1S/C10H14N2O3/c1-6-3-4-8-7(5-12(2)11-8)10(6,15)9(13)14/h5-6,15H,3-4H2,1-2H3,(H,13,14). The zero-order valence-electron chi connectivity index (χ0n) is 8.77. The number of hydrogen-bond donors (Lipinski definition) is 2. The van der Waals surface area contributed by atoms with Crippen molar-refractivity contribution >= 4 is 5.97 Å². The topological polar surface area (TPSA) is 75.3 Å². The highest BCUT2D eigenvalue weighted by atomic mass is 16.4. The van der Waals surface area contributed by atoms with E-state index in [-0.39, 0.29) is 5.92 Å². The molecule has 1 aromatic rings. The van der Waals surface area contributed by atoms with E-state index in [1.165, 1.54) is 0 Å². The van der Waals surface area contributed by atoms with Crippen LogP contribution in [0.2, 0.25) is 0 Å². The fraction of sp³-hybridized carbons (Fsp3) is 0.600. The summed E-state index contributed by atoms with van der Waals surface area (Å²) in [6.45, 7) is 1.75. The molecule has 1 heterocycles. The average Bonchev–Trinajstić information content (AvgIpc) is 2.53. The van der Waals surface area contributed by atoms with Crippen LogP contribution in [-0.4, -0.2) is 26.0 Å². The number of aromatic nitrogens is 2. The smallest absolute Gasteiger partial charge is 0.340 e. The van der Waals surface area contributed by atoms with Crippen LogP contribution >= 0.6 is 0 Å². The van der Waals surface area contributed by atoms with Gasteiger partial charge in [0.25, 0.3) is 0 Å². The van der Waals surface area contributed by atoms with Crippen LogP contribution < -0.4 is 0 Å². The van der Waals surface area contributed by atoms with Gasteiger partial charge in [0.15, 0.2) is 5.60 Å². The molecule has 0 radical (unpaired) electrons. The fourth-order valence-corrected chi connectivity index (χ4v) is 2.19. The lowest BCUT2D eigenvalue weighted by Crippen LogP contribution is -2.44. The predicted molar refractivity (Wildman–Crippen MR) is 52.2 cm³/mol. The Bertz CT molecular complexity index is 413. The fourth-order valence-electron chi connectivity index (χ4n) is 2.19. The first kappa shape index (κ1) is 10.2. The summed E-state index contributed by atoms with van der Waals surface area (Å²) >= 11 is 0. The molecule has 1 aromatic heterocycles. The number of carboxylic acids is 1. The Morgan fingerprint density at radius 1 is 1.73 bits per heavy atom. The lowest BCUT2D eigenvalue weighted by molar-refractivity contribution is -0.167. The van der Waals surface area contributed by atoms with E-state index in [0.29, 0.717) is 17.7 Å². The van der Waals surface area contributed by atoms with Crippen LogP contribution in [-0.2, 0) is 23.9 Å². The summed E-state index contributed by atoms with van der Waals surface area (Å²) in [5, 5.41) is 23.5. The van der Waals surface area contributed by atoms with E-state index in [2.05, 4.69) is 5.10 Å². The van der Waals surface area contributed by atoms with Crippen molar-refractivity contribution in [1.29, 1.82) is 0 Å². The molecular weight excluding hydrogens is 196 g/mol. The number of nitrogens with zero attached hydrogens (tertiary/aromatic N) is 2. The summed E-state index contributed by atoms with van der Waals surface area (Å²) in [6, 6.07) is 0. The van der Waals surface area contributed by atoms with Crippen molar-refractivity contribution in [2.45, 2.75) is 25.4 Å². The third-order valence-corrected chi connectivity index (χ3v) is 3.17. The number of carbonyl (C=O) groups is 1. The zero-order valence-corrected chi connectivity index (χ0v) is 8.77. The van der Waals surface area contributed by atoms with Crippen LogP contribution in [0.4, 0.5) is 0 Å². The van der Waals surface area contributed by atoms with E-state index < -0.39 is 11.6 Å². The summed E-state index contributed by atoms with van der Waals surface area (Å²) in [5.41, 5.74) is -0.640. The third kappa shape index (κ3) is 1.26. The lowest BCUT2D eigenvalue weighted by atomic mass is 9.75. The van der Waals surface area contributed by atoms with Crippen LogP contribution in [0.15, 0.2) is 6.20 Å². The highest BCUT2D eigenvalue weighted by Crippen LogP contribution is 2.39. The number of aliphatic carboxylic acids is 1. The van der Waals surface area contributed by atoms with Gasteiger partial charge in [0.1, 0.15) is 0 Å². The van der Waals surface area contributed by atoms with Crippen molar-refractivity contribution in [3.05, 3.63) is 17.5 Å². The van der Waals surface area contributed by atoms with Gasteiger partial charge in [-0.25, -0.2) is 4.79 Å². The SMILES string of the molecule is CC1CCc2nn(C)cc2C1(O)C(=O)O. The molecule has 2 rings (SSSR count). The van der Waals surface area contributed by atoms with Crippen molar-refractivity contribution < 1.29 is 15.0 Å². The number of rotatable bonds is 1. The molecule has 0 amide bonds. The van der Waals surface area contributed by atoms with Crippen molar-refractivity contribution in [3.63, 3.8) is 0 Å². The normalized spacial score (nSPS) is 29.9. The Morgan fingerprint density at radius 2 is 2.40 bits per heavy atom. The third-order valence-electron chi connectivity index (χ3n) is 3.17. The van der Waals surface area contributed by atoms with Gasteiger partial charge in [-0.3, -0.25) is 4.68 Å². The van der Waals surface area contributed by atoms with Gasteiger partial charge < -0.3 is 10.2 Å². The van der Waals surface area contributed by atoms with Crippen molar-refractivity contribution in [1.82, 2.24) is 9.78 Å². The number of carboxylic acid groups (broad SMARTS) is 1. The minimum atomic E-state index is -1.78. The molecule has 0 aromatic carbocycles. The molecule has 82 valence electrons.